The molecule has 1 aromatic heterocycles. The van der Waals surface area contributed by atoms with Crippen LogP contribution in [0.4, 0.5) is 4.39 Å². The molecule has 0 spiro atoms. The van der Waals surface area contributed by atoms with Gasteiger partial charge in [0.15, 0.2) is 0 Å². The summed E-state index contributed by atoms with van der Waals surface area (Å²) in [5, 5.41) is 8.82. The fourth-order valence-corrected chi connectivity index (χ4v) is 2.76. The van der Waals surface area contributed by atoms with Crippen molar-refractivity contribution in [3.05, 3.63) is 53.2 Å². The monoisotopic (exact) mass is 313 g/mol. The summed E-state index contributed by atoms with van der Waals surface area (Å²) in [6.45, 7) is 1.54. The molecular weight excluding hydrogens is 301 g/mol. The van der Waals surface area contributed by atoms with E-state index in [4.69, 9.17) is 9.52 Å². The quantitative estimate of drug-likeness (QED) is 0.879. The molecule has 0 fully saturated rings. The molecule has 2 N–H and O–H groups in total. The van der Waals surface area contributed by atoms with Crippen molar-refractivity contribution in [3.63, 3.8) is 0 Å². The van der Waals surface area contributed by atoms with Crippen molar-refractivity contribution >= 4 is 16.0 Å². The van der Waals surface area contributed by atoms with E-state index in [1.165, 1.54) is 0 Å². The number of benzene rings is 1. The van der Waals surface area contributed by atoms with E-state index in [1.54, 1.807) is 19.1 Å². The summed E-state index contributed by atoms with van der Waals surface area (Å²) >= 11 is 0. The number of aromatic carboxylic acids is 1. The van der Waals surface area contributed by atoms with E-state index in [2.05, 4.69) is 4.72 Å². The second-order valence-corrected chi connectivity index (χ2v) is 6.02. The van der Waals surface area contributed by atoms with Gasteiger partial charge in [0.05, 0.1) is 12.1 Å². The first kappa shape index (κ1) is 15.2. The third-order valence-electron chi connectivity index (χ3n) is 2.70. The lowest BCUT2D eigenvalue weighted by Gasteiger charge is -2.07. The molecule has 0 saturated carbocycles. The molecule has 1 heterocycles. The maximum Gasteiger partial charge on any atom is 0.335 e. The number of rotatable bonds is 5. The van der Waals surface area contributed by atoms with Crippen LogP contribution < -0.4 is 4.72 Å². The van der Waals surface area contributed by atoms with Crippen LogP contribution in [0.5, 0.6) is 0 Å². The van der Waals surface area contributed by atoms with Crippen molar-refractivity contribution in [2.75, 3.05) is 0 Å². The maximum atomic E-state index is 13.6. The summed E-state index contributed by atoms with van der Waals surface area (Å²) in [5.74, 6) is -1.38. The Morgan fingerprint density at radius 1 is 1.33 bits per heavy atom. The van der Waals surface area contributed by atoms with Crippen molar-refractivity contribution in [1.82, 2.24) is 4.72 Å². The third kappa shape index (κ3) is 3.47. The van der Waals surface area contributed by atoms with Gasteiger partial charge in [-0.05, 0) is 37.3 Å². The number of carbonyl (C=O) groups is 1. The molecule has 0 aliphatic carbocycles. The highest BCUT2D eigenvalue weighted by molar-refractivity contribution is 7.89. The number of carboxylic acids is 1. The molecule has 0 unspecified atom stereocenters. The van der Waals surface area contributed by atoms with Gasteiger partial charge in [-0.15, -0.1) is 0 Å². The van der Waals surface area contributed by atoms with Gasteiger partial charge in [-0.25, -0.2) is 22.3 Å². The molecule has 2 aromatic rings. The zero-order valence-electron chi connectivity index (χ0n) is 11.0. The van der Waals surface area contributed by atoms with Gasteiger partial charge in [0.25, 0.3) is 0 Å². The van der Waals surface area contributed by atoms with E-state index >= 15 is 0 Å². The SMILES string of the molecule is Cc1ccc(CNS(=O)(=O)c2cc(C(=O)O)ccc2F)o1. The number of sulfonamides is 1. The fourth-order valence-electron chi connectivity index (χ4n) is 1.67. The lowest BCUT2D eigenvalue weighted by atomic mass is 10.2. The Hall–Kier alpha value is -2.19. The topological polar surface area (TPSA) is 96.6 Å². The Balaban J connectivity index is 2.26. The average molecular weight is 313 g/mol. The number of hydrogen-bond acceptors (Lipinski definition) is 4. The molecule has 0 aliphatic heterocycles. The number of nitrogens with one attached hydrogen (secondary N) is 1. The summed E-state index contributed by atoms with van der Waals surface area (Å²) in [6.07, 6.45) is 0. The lowest BCUT2D eigenvalue weighted by molar-refractivity contribution is 0.0696. The molecule has 0 saturated heterocycles. The highest BCUT2D eigenvalue weighted by atomic mass is 32.2. The summed E-state index contributed by atoms with van der Waals surface area (Å²) < 4.78 is 45.0. The molecule has 1 aromatic carbocycles. The van der Waals surface area contributed by atoms with Crippen LogP contribution in [-0.4, -0.2) is 19.5 Å². The first-order valence-electron chi connectivity index (χ1n) is 5.87. The number of carboxylic acid groups (broad SMARTS) is 1. The van der Waals surface area contributed by atoms with Gasteiger partial charge >= 0.3 is 5.97 Å². The molecule has 2 rings (SSSR count). The molecule has 0 bridgehead atoms. The van der Waals surface area contributed by atoms with Crippen molar-refractivity contribution in [2.45, 2.75) is 18.4 Å². The zero-order valence-corrected chi connectivity index (χ0v) is 11.8. The molecule has 8 heteroatoms. The summed E-state index contributed by atoms with van der Waals surface area (Å²) in [4.78, 5) is 10.1. The minimum Gasteiger partial charge on any atom is -0.478 e. The molecule has 0 aliphatic rings. The summed E-state index contributed by atoms with van der Waals surface area (Å²) in [6, 6.07) is 5.81. The van der Waals surface area contributed by atoms with E-state index in [-0.39, 0.29) is 12.1 Å². The van der Waals surface area contributed by atoms with Crippen LogP contribution >= 0.6 is 0 Å². The first-order valence-corrected chi connectivity index (χ1v) is 7.36. The molecule has 0 atom stereocenters. The highest BCUT2D eigenvalue weighted by Gasteiger charge is 2.21. The van der Waals surface area contributed by atoms with Crippen LogP contribution in [0.2, 0.25) is 0 Å². The predicted molar refractivity (Wildman–Crippen MR) is 70.8 cm³/mol. The van der Waals surface area contributed by atoms with Crippen molar-refractivity contribution in [2.24, 2.45) is 0 Å². The number of furan rings is 1. The van der Waals surface area contributed by atoms with Crippen LogP contribution in [0.1, 0.15) is 21.9 Å². The Morgan fingerprint density at radius 3 is 2.62 bits per heavy atom. The Bertz CT molecular complexity index is 782. The average Bonchev–Trinajstić information content (AvgIpc) is 2.82. The number of hydrogen-bond donors (Lipinski definition) is 2. The van der Waals surface area contributed by atoms with Crippen LogP contribution in [0.15, 0.2) is 39.6 Å². The van der Waals surface area contributed by atoms with Gasteiger partial charge in [0.2, 0.25) is 10.0 Å². The van der Waals surface area contributed by atoms with Crippen LogP contribution in [-0.2, 0) is 16.6 Å². The maximum absolute atomic E-state index is 13.6. The van der Waals surface area contributed by atoms with Gasteiger partial charge in [0, 0.05) is 0 Å². The van der Waals surface area contributed by atoms with E-state index in [0.717, 1.165) is 18.2 Å². The molecular formula is C13H12FNO5S. The van der Waals surface area contributed by atoms with Crippen molar-refractivity contribution < 1.29 is 27.1 Å². The molecule has 21 heavy (non-hydrogen) atoms. The van der Waals surface area contributed by atoms with Gasteiger partial charge in [-0.1, -0.05) is 0 Å². The second kappa shape index (κ2) is 5.66. The van der Waals surface area contributed by atoms with Crippen LogP contribution in [0.3, 0.4) is 0 Å². The predicted octanol–water partition coefficient (Wildman–Crippen LogP) is 1.90. The summed E-state index contributed by atoms with van der Waals surface area (Å²) in [7, 11) is -4.18. The molecule has 0 amide bonds. The minimum absolute atomic E-state index is 0.160. The van der Waals surface area contributed by atoms with Gasteiger partial charge in [0.1, 0.15) is 22.2 Å². The van der Waals surface area contributed by atoms with Gasteiger partial charge in [-0.2, -0.15) is 0 Å². The van der Waals surface area contributed by atoms with E-state index in [1.807, 2.05) is 0 Å². The van der Waals surface area contributed by atoms with Crippen molar-refractivity contribution in [3.8, 4) is 0 Å². The Labute approximate surface area is 120 Å². The fraction of sp³-hybridized carbons (Fsp3) is 0.154. The lowest BCUT2D eigenvalue weighted by Crippen LogP contribution is -2.24. The molecule has 6 nitrogen and oxygen atoms in total. The number of halogens is 1. The minimum atomic E-state index is -4.18. The van der Waals surface area contributed by atoms with Crippen molar-refractivity contribution in [1.29, 1.82) is 0 Å². The normalized spacial score (nSPS) is 11.5. The summed E-state index contributed by atoms with van der Waals surface area (Å²) in [5.41, 5.74) is -0.314. The molecule has 112 valence electrons. The van der Waals surface area contributed by atoms with E-state index < -0.39 is 26.7 Å². The largest absolute Gasteiger partial charge is 0.478 e. The number of aryl methyl sites for hydroxylation is 1. The zero-order chi connectivity index (χ0) is 15.6. The third-order valence-corrected chi connectivity index (χ3v) is 4.12. The van der Waals surface area contributed by atoms with E-state index in [9.17, 15) is 17.6 Å². The second-order valence-electron chi connectivity index (χ2n) is 4.29. The smallest absolute Gasteiger partial charge is 0.335 e. The standard InChI is InChI=1S/C13H12FNO5S/c1-8-2-4-10(20-8)7-15-21(18,19)12-6-9(13(16)17)3-5-11(12)14/h2-6,15H,7H2,1H3,(H,16,17). The van der Waals surface area contributed by atoms with Crippen LogP contribution in [0, 0.1) is 12.7 Å². The molecule has 0 radical (unpaired) electrons. The van der Waals surface area contributed by atoms with E-state index in [0.29, 0.717) is 11.5 Å². The Kier molecular flexibility index (Phi) is 4.10. The Morgan fingerprint density at radius 2 is 2.05 bits per heavy atom. The van der Waals surface area contributed by atoms with Gasteiger partial charge in [-0.3, -0.25) is 0 Å². The van der Waals surface area contributed by atoms with Gasteiger partial charge < -0.3 is 9.52 Å². The first-order chi connectivity index (χ1) is 9.79. The van der Waals surface area contributed by atoms with Crippen LogP contribution in [0.25, 0.3) is 0 Å². The highest BCUT2D eigenvalue weighted by Crippen LogP contribution is 2.17.